The Labute approximate surface area is 174 Å². The number of hydrogen-bond acceptors (Lipinski definition) is 5. The molecule has 0 aliphatic heterocycles. The largest absolute Gasteiger partial charge is 0.416 e. The fraction of sp³-hybridized carbons (Fsp3) is 0.143. The third-order valence-corrected chi connectivity index (χ3v) is 4.78. The molecular formula is C21H17F3N6O. The summed E-state index contributed by atoms with van der Waals surface area (Å²) in [4.78, 5) is 24.9. The van der Waals surface area contributed by atoms with Crippen LogP contribution in [0.3, 0.4) is 0 Å². The second kappa shape index (κ2) is 7.71. The summed E-state index contributed by atoms with van der Waals surface area (Å²) < 4.78 is 40.4. The van der Waals surface area contributed by atoms with E-state index in [9.17, 15) is 18.0 Å². The topological polar surface area (TPSA) is 98.2 Å². The van der Waals surface area contributed by atoms with Crippen molar-refractivity contribution >= 4 is 23.1 Å². The van der Waals surface area contributed by atoms with Crippen LogP contribution in [0.5, 0.6) is 0 Å². The van der Waals surface area contributed by atoms with E-state index in [4.69, 9.17) is 5.73 Å². The standard InChI is InChI=1S/C21H17F3N6O/c1-2-15-10-27-19(25)18-17(28-11-30(15)18)12-3-5-13(6-4-12)20(31)29-16-9-14(7-8-26-16)21(22,23)24/h3-11H,2H2,1H3,(H2,25,27)(H,26,29,31). The monoisotopic (exact) mass is 426 g/mol. The lowest BCUT2D eigenvalue weighted by atomic mass is 10.1. The number of nitrogens with zero attached hydrogens (tertiary/aromatic N) is 4. The van der Waals surface area contributed by atoms with Gasteiger partial charge in [0.1, 0.15) is 23.5 Å². The maximum atomic E-state index is 12.8. The first-order chi connectivity index (χ1) is 14.8. The van der Waals surface area contributed by atoms with Gasteiger partial charge < -0.3 is 11.1 Å². The Balaban J connectivity index is 1.59. The maximum absolute atomic E-state index is 12.8. The minimum absolute atomic E-state index is 0.185. The molecule has 0 bridgehead atoms. The highest BCUT2D eigenvalue weighted by molar-refractivity contribution is 6.04. The molecule has 31 heavy (non-hydrogen) atoms. The SMILES string of the molecule is CCc1cnc(N)c2c(-c3ccc(C(=O)Nc4cc(C(F)(F)F)ccn4)cc3)ncn12. The normalized spacial score (nSPS) is 11.6. The first kappa shape index (κ1) is 20.3. The van der Waals surface area contributed by atoms with E-state index in [-0.39, 0.29) is 11.4 Å². The lowest BCUT2D eigenvalue weighted by Crippen LogP contribution is -2.14. The smallest absolute Gasteiger partial charge is 0.382 e. The molecule has 0 aliphatic rings. The predicted octanol–water partition coefficient (Wildman–Crippen LogP) is 4.21. The molecule has 0 radical (unpaired) electrons. The number of alkyl halides is 3. The summed E-state index contributed by atoms with van der Waals surface area (Å²) in [5, 5.41) is 2.38. The van der Waals surface area contributed by atoms with Crippen LogP contribution < -0.4 is 11.1 Å². The van der Waals surface area contributed by atoms with Crippen molar-refractivity contribution in [3.05, 3.63) is 71.9 Å². The first-order valence-corrected chi connectivity index (χ1v) is 9.33. The molecule has 7 nitrogen and oxygen atoms in total. The number of aromatic nitrogens is 4. The van der Waals surface area contributed by atoms with Crippen LogP contribution in [0.15, 0.2) is 55.1 Å². The van der Waals surface area contributed by atoms with Gasteiger partial charge in [-0.1, -0.05) is 19.1 Å². The van der Waals surface area contributed by atoms with Crippen molar-refractivity contribution < 1.29 is 18.0 Å². The predicted molar refractivity (Wildman–Crippen MR) is 109 cm³/mol. The van der Waals surface area contributed by atoms with Crippen molar-refractivity contribution in [2.75, 3.05) is 11.1 Å². The van der Waals surface area contributed by atoms with Gasteiger partial charge in [0.05, 0.1) is 11.3 Å². The number of anilines is 2. The Kier molecular flexibility index (Phi) is 5.05. The zero-order valence-corrected chi connectivity index (χ0v) is 16.3. The molecule has 158 valence electrons. The Morgan fingerprint density at radius 3 is 2.55 bits per heavy atom. The summed E-state index contributed by atoms with van der Waals surface area (Å²) in [5.41, 5.74) is 8.37. The van der Waals surface area contributed by atoms with Crippen molar-refractivity contribution in [2.24, 2.45) is 0 Å². The molecule has 0 atom stereocenters. The van der Waals surface area contributed by atoms with E-state index < -0.39 is 17.6 Å². The summed E-state index contributed by atoms with van der Waals surface area (Å²) in [7, 11) is 0. The number of pyridine rings is 1. The van der Waals surface area contributed by atoms with Gasteiger partial charge in [0.25, 0.3) is 5.91 Å². The summed E-state index contributed by atoms with van der Waals surface area (Å²) in [6.45, 7) is 2.00. The van der Waals surface area contributed by atoms with Gasteiger partial charge in [-0.2, -0.15) is 13.2 Å². The minimum atomic E-state index is -4.52. The molecule has 0 saturated carbocycles. The number of imidazole rings is 1. The molecule has 3 aromatic heterocycles. The van der Waals surface area contributed by atoms with Crippen molar-refractivity contribution in [1.29, 1.82) is 0 Å². The van der Waals surface area contributed by atoms with Gasteiger partial charge in [0.15, 0.2) is 0 Å². The van der Waals surface area contributed by atoms with Crippen molar-refractivity contribution in [1.82, 2.24) is 19.4 Å². The van der Waals surface area contributed by atoms with Crippen LogP contribution in [0.1, 0.15) is 28.5 Å². The van der Waals surface area contributed by atoms with Crippen LogP contribution >= 0.6 is 0 Å². The molecule has 0 unspecified atom stereocenters. The third kappa shape index (κ3) is 3.91. The molecule has 1 amide bonds. The van der Waals surface area contributed by atoms with Crippen molar-refractivity contribution in [2.45, 2.75) is 19.5 Å². The number of carbonyl (C=O) groups excluding carboxylic acids is 1. The van der Waals surface area contributed by atoms with E-state index in [1.54, 1.807) is 36.8 Å². The average molecular weight is 426 g/mol. The lowest BCUT2D eigenvalue weighted by Gasteiger charge is -2.09. The molecule has 10 heteroatoms. The number of nitrogen functional groups attached to an aromatic ring is 1. The van der Waals surface area contributed by atoms with Gasteiger partial charge >= 0.3 is 6.18 Å². The molecule has 0 fully saturated rings. The lowest BCUT2D eigenvalue weighted by molar-refractivity contribution is -0.137. The van der Waals surface area contributed by atoms with Gasteiger partial charge in [-0.25, -0.2) is 15.0 Å². The van der Waals surface area contributed by atoms with Gasteiger partial charge in [0.2, 0.25) is 0 Å². The van der Waals surface area contributed by atoms with E-state index in [1.807, 2.05) is 11.3 Å². The number of carbonyl (C=O) groups is 1. The van der Waals surface area contributed by atoms with Crippen LogP contribution in [-0.4, -0.2) is 25.3 Å². The summed E-state index contributed by atoms with van der Waals surface area (Å²) in [6, 6.07) is 8.10. The van der Waals surface area contributed by atoms with Crippen molar-refractivity contribution in [3.63, 3.8) is 0 Å². The number of rotatable bonds is 4. The molecule has 0 saturated heterocycles. The van der Waals surface area contributed by atoms with E-state index in [2.05, 4.69) is 20.3 Å². The summed E-state index contributed by atoms with van der Waals surface area (Å²) in [5.74, 6) is -0.431. The number of hydrogen-bond donors (Lipinski definition) is 2. The van der Waals surface area contributed by atoms with Crippen molar-refractivity contribution in [3.8, 4) is 11.3 Å². The highest BCUT2D eigenvalue weighted by atomic mass is 19.4. The summed E-state index contributed by atoms with van der Waals surface area (Å²) in [6.07, 6.45) is 0.590. The van der Waals surface area contributed by atoms with Crippen LogP contribution in [0.4, 0.5) is 24.8 Å². The molecule has 3 heterocycles. The Bertz CT molecular complexity index is 1260. The summed E-state index contributed by atoms with van der Waals surface area (Å²) >= 11 is 0. The van der Waals surface area contributed by atoms with Gasteiger partial charge in [-0.3, -0.25) is 9.20 Å². The number of benzene rings is 1. The number of amides is 1. The fourth-order valence-corrected chi connectivity index (χ4v) is 3.19. The average Bonchev–Trinajstić information content (AvgIpc) is 3.20. The van der Waals surface area contributed by atoms with Crippen LogP contribution in [0.2, 0.25) is 0 Å². The number of fused-ring (bicyclic) bond motifs is 1. The molecule has 4 aromatic rings. The molecule has 0 aliphatic carbocycles. The molecule has 3 N–H and O–H groups in total. The van der Waals surface area contributed by atoms with Gasteiger partial charge in [-0.05, 0) is 30.7 Å². The Hall–Kier alpha value is -3.95. The van der Waals surface area contributed by atoms with Crippen LogP contribution in [0, 0.1) is 0 Å². The van der Waals surface area contributed by atoms with Crippen LogP contribution in [-0.2, 0) is 12.6 Å². The van der Waals surface area contributed by atoms with Gasteiger partial charge in [-0.15, -0.1) is 0 Å². The minimum Gasteiger partial charge on any atom is -0.382 e. The highest BCUT2D eigenvalue weighted by Gasteiger charge is 2.30. The zero-order chi connectivity index (χ0) is 22.2. The van der Waals surface area contributed by atoms with E-state index in [1.165, 1.54) is 0 Å². The second-order valence-electron chi connectivity index (χ2n) is 6.76. The number of nitrogens with one attached hydrogen (secondary N) is 1. The highest BCUT2D eigenvalue weighted by Crippen LogP contribution is 2.30. The first-order valence-electron chi connectivity index (χ1n) is 9.33. The number of halogens is 3. The van der Waals surface area contributed by atoms with Gasteiger partial charge in [0, 0.05) is 29.2 Å². The maximum Gasteiger partial charge on any atom is 0.416 e. The zero-order valence-electron chi connectivity index (χ0n) is 16.3. The molecule has 4 rings (SSSR count). The molecular weight excluding hydrogens is 409 g/mol. The Morgan fingerprint density at radius 2 is 1.87 bits per heavy atom. The van der Waals surface area contributed by atoms with E-state index >= 15 is 0 Å². The van der Waals surface area contributed by atoms with E-state index in [0.29, 0.717) is 17.0 Å². The van der Waals surface area contributed by atoms with E-state index in [0.717, 1.165) is 36.0 Å². The van der Waals surface area contributed by atoms with Crippen LogP contribution in [0.25, 0.3) is 16.8 Å². The second-order valence-corrected chi connectivity index (χ2v) is 6.76. The third-order valence-electron chi connectivity index (χ3n) is 4.78. The fourth-order valence-electron chi connectivity index (χ4n) is 3.19. The Morgan fingerprint density at radius 1 is 1.13 bits per heavy atom. The molecule has 1 aromatic carbocycles. The number of aryl methyl sites for hydroxylation is 1. The molecule has 0 spiro atoms. The quantitative estimate of drug-likeness (QED) is 0.510. The number of nitrogens with two attached hydrogens (primary N) is 1.